The summed E-state index contributed by atoms with van der Waals surface area (Å²) in [6.45, 7) is 7.27. The summed E-state index contributed by atoms with van der Waals surface area (Å²) in [5.41, 5.74) is 3.93. The number of hydrogen-bond acceptors (Lipinski definition) is 5. The Labute approximate surface area is 219 Å². The second kappa shape index (κ2) is 9.27. The largest absolute Gasteiger partial charge is 0.339 e. The lowest BCUT2D eigenvalue weighted by atomic mass is 9.65. The molecule has 1 spiro atoms. The first-order chi connectivity index (χ1) is 18.0. The fourth-order valence-electron chi connectivity index (χ4n) is 5.78. The van der Waals surface area contributed by atoms with Gasteiger partial charge in [0, 0.05) is 24.8 Å². The van der Waals surface area contributed by atoms with Crippen molar-refractivity contribution in [2.24, 2.45) is 5.41 Å². The van der Waals surface area contributed by atoms with Gasteiger partial charge >= 0.3 is 0 Å². The smallest absolute Gasteiger partial charge is 0.268 e. The molecule has 1 saturated heterocycles. The molecule has 0 bridgehead atoms. The molecule has 3 aromatic heterocycles. The number of imidazole rings is 1. The molecule has 2 fully saturated rings. The van der Waals surface area contributed by atoms with Gasteiger partial charge in [-0.2, -0.15) is 0 Å². The van der Waals surface area contributed by atoms with Gasteiger partial charge in [0.15, 0.2) is 0 Å². The van der Waals surface area contributed by atoms with Crippen LogP contribution in [0.4, 0.5) is 5.95 Å². The number of anilines is 1. The Morgan fingerprint density at radius 3 is 2.78 bits per heavy atom. The molecule has 0 radical (unpaired) electrons. The third kappa shape index (κ3) is 4.25. The molecule has 4 heterocycles. The van der Waals surface area contributed by atoms with Crippen molar-refractivity contribution in [3.05, 3.63) is 77.8 Å². The van der Waals surface area contributed by atoms with E-state index < -0.39 is 0 Å². The zero-order valence-corrected chi connectivity index (χ0v) is 21.6. The zero-order chi connectivity index (χ0) is 25.6. The quantitative estimate of drug-likeness (QED) is 0.336. The van der Waals surface area contributed by atoms with E-state index in [9.17, 15) is 9.59 Å². The second-order valence-corrected chi connectivity index (χ2v) is 11.1. The van der Waals surface area contributed by atoms with Crippen LogP contribution in [0.2, 0.25) is 0 Å². The average Bonchev–Trinajstić information content (AvgIpc) is 3.64. The van der Waals surface area contributed by atoms with Gasteiger partial charge in [-0.15, -0.1) is 11.3 Å². The van der Waals surface area contributed by atoms with Crippen LogP contribution in [0, 0.1) is 5.41 Å². The number of rotatable bonds is 6. The van der Waals surface area contributed by atoms with Crippen molar-refractivity contribution in [2.45, 2.75) is 38.6 Å². The number of carbonyl (C=O) groups is 2. The Balaban J connectivity index is 1.23. The minimum atomic E-state index is -0.169. The molecule has 1 N–H and O–H groups in total. The van der Waals surface area contributed by atoms with E-state index in [1.165, 1.54) is 17.4 Å². The Kier molecular flexibility index (Phi) is 5.91. The van der Waals surface area contributed by atoms with E-state index in [0.717, 1.165) is 66.1 Å². The minimum Gasteiger partial charge on any atom is -0.339 e. The highest BCUT2D eigenvalue weighted by Crippen LogP contribution is 2.55. The number of benzene rings is 1. The average molecular weight is 512 g/mol. The number of pyridine rings is 1. The molecular formula is C29H29N5O2S. The van der Waals surface area contributed by atoms with Crippen LogP contribution < -0.4 is 5.32 Å². The number of hydrogen-bond donors (Lipinski definition) is 1. The van der Waals surface area contributed by atoms with Crippen LogP contribution in [0.3, 0.4) is 0 Å². The summed E-state index contributed by atoms with van der Waals surface area (Å²) in [6.07, 6.45) is 5.19. The lowest BCUT2D eigenvalue weighted by Crippen LogP contribution is -2.42. The fraction of sp³-hybridized carbons (Fsp3) is 0.310. The van der Waals surface area contributed by atoms with E-state index in [2.05, 4.69) is 29.5 Å². The molecule has 7 nitrogen and oxygen atoms in total. The molecule has 8 heteroatoms. The lowest BCUT2D eigenvalue weighted by molar-refractivity contribution is -0.125. The van der Waals surface area contributed by atoms with Crippen LogP contribution in [0.5, 0.6) is 0 Å². The van der Waals surface area contributed by atoms with Crippen molar-refractivity contribution in [1.29, 1.82) is 0 Å². The van der Waals surface area contributed by atoms with Gasteiger partial charge in [-0.25, -0.2) is 4.98 Å². The molecule has 1 aliphatic heterocycles. The maximum Gasteiger partial charge on any atom is 0.268 e. The first kappa shape index (κ1) is 23.6. The summed E-state index contributed by atoms with van der Waals surface area (Å²) in [7, 11) is 0. The number of carbonyl (C=O) groups excluding carboxylic acids is 2. The Bertz CT molecular complexity index is 1510. The lowest BCUT2D eigenvalue weighted by Gasteiger charge is -2.46. The molecule has 0 unspecified atom stereocenters. The van der Waals surface area contributed by atoms with Crippen molar-refractivity contribution in [1.82, 2.24) is 19.4 Å². The van der Waals surface area contributed by atoms with Gasteiger partial charge in [-0.3, -0.25) is 19.9 Å². The maximum atomic E-state index is 13.3. The van der Waals surface area contributed by atoms with Crippen LogP contribution in [-0.2, 0) is 11.2 Å². The number of thiophene rings is 1. The van der Waals surface area contributed by atoms with Crippen molar-refractivity contribution in [3.63, 3.8) is 0 Å². The van der Waals surface area contributed by atoms with Crippen LogP contribution in [-0.4, -0.2) is 44.3 Å². The fourth-order valence-corrected chi connectivity index (χ4v) is 6.66. The van der Waals surface area contributed by atoms with Gasteiger partial charge in [0.25, 0.3) is 5.91 Å². The zero-order valence-electron chi connectivity index (χ0n) is 20.8. The predicted molar refractivity (Wildman–Crippen MR) is 147 cm³/mol. The van der Waals surface area contributed by atoms with Gasteiger partial charge in [0.05, 0.1) is 26.5 Å². The van der Waals surface area contributed by atoms with Crippen LogP contribution in [0.1, 0.15) is 47.6 Å². The molecule has 2 aliphatic rings. The number of nitrogens with one attached hydrogen (secondary N) is 1. The number of amides is 2. The molecule has 37 heavy (non-hydrogen) atoms. The molecule has 2 amide bonds. The molecule has 6 rings (SSSR count). The molecule has 0 atom stereocenters. The van der Waals surface area contributed by atoms with Gasteiger partial charge in [-0.05, 0) is 73.6 Å². The molecule has 1 aliphatic carbocycles. The number of aryl methyl sites for hydroxylation is 1. The van der Waals surface area contributed by atoms with Crippen LogP contribution >= 0.6 is 11.3 Å². The summed E-state index contributed by atoms with van der Waals surface area (Å²) in [6, 6.07) is 18.0. The second-order valence-electron chi connectivity index (χ2n) is 10.1. The van der Waals surface area contributed by atoms with Gasteiger partial charge in [-0.1, -0.05) is 31.7 Å². The number of aromatic nitrogens is 3. The predicted octanol–water partition coefficient (Wildman–Crippen LogP) is 5.71. The SMILES string of the molecule is C=CC(=O)N1CCC2(CC(n3c(NC(=O)c4ccc(-c5cccc(CC)n5)s4)nc4ccccc43)C2)C1. The first-order valence-corrected chi connectivity index (χ1v) is 13.6. The van der Waals surface area contributed by atoms with Crippen molar-refractivity contribution < 1.29 is 9.59 Å². The summed E-state index contributed by atoms with van der Waals surface area (Å²) in [4.78, 5) is 38.4. The normalized spacial score (nSPS) is 20.8. The van der Waals surface area contributed by atoms with Gasteiger partial charge in [0.1, 0.15) is 0 Å². The van der Waals surface area contributed by atoms with E-state index in [-0.39, 0.29) is 23.3 Å². The first-order valence-electron chi connectivity index (χ1n) is 12.7. The van der Waals surface area contributed by atoms with Gasteiger partial charge in [0.2, 0.25) is 11.9 Å². The van der Waals surface area contributed by atoms with Crippen LogP contribution in [0.25, 0.3) is 21.6 Å². The Morgan fingerprint density at radius 2 is 1.97 bits per heavy atom. The summed E-state index contributed by atoms with van der Waals surface area (Å²) in [5.74, 6) is 0.412. The van der Waals surface area contributed by atoms with E-state index >= 15 is 0 Å². The third-order valence-electron chi connectivity index (χ3n) is 7.70. The molecule has 1 saturated carbocycles. The molecule has 4 aromatic rings. The highest BCUT2D eigenvalue weighted by Gasteiger charge is 2.50. The number of para-hydroxylation sites is 2. The standard InChI is InChI=1S/C29H29N5O2S/c1-3-19-8-7-10-22(30-19)24-12-13-25(37-24)27(36)32-28-31-21-9-5-6-11-23(21)34(28)20-16-29(17-20)14-15-33(18-29)26(35)4-2/h4-13,20H,2-3,14-18H2,1H3,(H,31,32,36). The molecule has 1 aromatic carbocycles. The summed E-state index contributed by atoms with van der Waals surface area (Å²) >= 11 is 1.44. The van der Waals surface area contributed by atoms with Crippen molar-refractivity contribution in [2.75, 3.05) is 18.4 Å². The Morgan fingerprint density at radius 1 is 1.14 bits per heavy atom. The monoisotopic (exact) mass is 511 g/mol. The topological polar surface area (TPSA) is 80.1 Å². The highest BCUT2D eigenvalue weighted by atomic mass is 32.1. The highest BCUT2D eigenvalue weighted by molar-refractivity contribution is 7.17. The maximum absolute atomic E-state index is 13.3. The minimum absolute atomic E-state index is 0.00768. The summed E-state index contributed by atoms with van der Waals surface area (Å²) in [5, 5.41) is 3.09. The van der Waals surface area contributed by atoms with E-state index in [1.807, 2.05) is 53.4 Å². The number of fused-ring (bicyclic) bond motifs is 1. The van der Waals surface area contributed by atoms with Gasteiger partial charge < -0.3 is 9.47 Å². The van der Waals surface area contributed by atoms with Crippen molar-refractivity contribution in [3.8, 4) is 10.6 Å². The number of likely N-dealkylation sites (tertiary alicyclic amines) is 1. The summed E-state index contributed by atoms with van der Waals surface area (Å²) < 4.78 is 2.18. The molecule has 188 valence electrons. The third-order valence-corrected chi connectivity index (χ3v) is 8.81. The van der Waals surface area contributed by atoms with E-state index in [1.54, 1.807) is 0 Å². The van der Waals surface area contributed by atoms with Crippen LogP contribution in [0.15, 0.2) is 67.3 Å². The van der Waals surface area contributed by atoms with Crippen molar-refractivity contribution >= 4 is 40.1 Å². The molecular weight excluding hydrogens is 482 g/mol. The van der Waals surface area contributed by atoms with E-state index in [0.29, 0.717) is 10.8 Å². The van der Waals surface area contributed by atoms with E-state index in [4.69, 9.17) is 9.97 Å². The Hall–Kier alpha value is -3.78. The number of nitrogens with zero attached hydrogens (tertiary/aromatic N) is 4.